The van der Waals surface area contributed by atoms with Crippen LogP contribution < -0.4 is 5.32 Å². The molecule has 1 unspecified atom stereocenters. The highest BCUT2D eigenvalue weighted by molar-refractivity contribution is 7.10. The number of nitrogens with one attached hydrogen (secondary N) is 1. The fraction of sp³-hybridized carbons (Fsp3) is 0.182. The topological polar surface area (TPSA) is 79.3 Å². The summed E-state index contributed by atoms with van der Waals surface area (Å²) in [6.45, 7) is 0. The van der Waals surface area contributed by atoms with E-state index in [2.05, 4.69) is 10.3 Å². The molecule has 0 saturated heterocycles. The molecule has 0 aliphatic carbocycles. The maximum atomic E-state index is 11.8. The molecular weight excluding hydrogens is 272 g/mol. The lowest BCUT2D eigenvalue weighted by Crippen LogP contribution is -2.29. The molecule has 94 valence electrons. The van der Waals surface area contributed by atoms with Crippen LogP contribution in [-0.4, -0.2) is 22.0 Å². The van der Waals surface area contributed by atoms with Gasteiger partial charge in [0.1, 0.15) is 5.69 Å². The SMILES string of the molecule is O=C(O)CC(NC(=O)c1cscn1)c1cccs1. The first-order chi connectivity index (χ1) is 8.66. The van der Waals surface area contributed by atoms with Crippen LogP contribution in [0.4, 0.5) is 0 Å². The van der Waals surface area contributed by atoms with Crippen LogP contribution >= 0.6 is 22.7 Å². The van der Waals surface area contributed by atoms with E-state index < -0.39 is 12.0 Å². The average Bonchev–Trinajstić information content (AvgIpc) is 3.01. The Bertz CT molecular complexity index is 522. The number of carbonyl (C=O) groups excluding carboxylic acids is 1. The summed E-state index contributed by atoms with van der Waals surface area (Å²) in [4.78, 5) is 27.4. The molecule has 2 N–H and O–H groups in total. The highest BCUT2D eigenvalue weighted by atomic mass is 32.1. The maximum Gasteiger partial charge on any atom is 0.305 e. The summed E-state index contributed by atoms with van der Waals surface area (Å²) >= 11 is 2.74. The number of hydrogen-bond donors (Lipinski definition) is 2. The molecule has 2 aromatic rings. The molecule has 18 heavy (non-hydrogen) atoms. The van der Waals surface area contributed by atoms with E-state index >= 15 is 0 Å². The van der Waals surface area contributed by atoms with Gasteiger partial charge in [0, 0.05) is 10.3 Å². The number of rotatable bonds is 5. The molecule has 0 aliphatic rings. The van der Waals surface area contributed by atoms with Gasteiger partial charge in [-0.05, 0) is 11.4 Å². The Morgan fingerprint density at radius 1 is 1.50 bits per heavy atom. The Hall–Kier alpha value is -1.73. The number of thiazole rings is 1. The highest BCUT2D eigenvalue weighted by Gasteiger charge is 2.20. The predicted octanol–water partition coefficient (Wildman–Crippen LogP) is 2.15. The molecule has 0 radical (unpaired) electrons. The largest absolute Gasteiger partial charge is 0.481 e. The second kappa shape index (κ2) is 5.74. The number of carbonyl (C=O) groups is 2. The summed E-state index contributed by atoms with van der Waals surface area (Å²) in [5.74, 6) is -1.30. The molecule has 1 amide bonds. The third kappa shape index (κ3) is 3.14. The molecule has 2 rings (SSSR count). The van der Waals surface area contributed by atoms with Gasteiger partial charge >= 0.3 is 5.97 Å². The summed E-state index contributed by atoms with van der Waals surface area (Å²) in [6, 6.07) is 3.11. The van der Waals surface area contributed by atoms with Crippen LogP contribution in [0.3, 0.4) is 0 Å². The van der Waals surface area contributed by atoms with Gasteiger partial charge < -0.3 is 10.4 Å². The standard InChI is InChI=1S/C11H10N2O3S2/c14-10(15)4-7(9-2-1-3-18-9)13-11(16)8-5-17-6-12-8/h1-3,5-7H,4H2,(H,13,16)(H,14,15). The van der Waals surface area contributed by atoms with E-state index in [4.69, 9.17) is 5.11 Å². The van der Waals surface area contributed by atoms with Crippen molar-refractivity contribution in [3.05, 3.63) is 39.0 Å². The Kier molecular flexibility index (Phi) is 4.06. The zero-order valence-corrected chi connectivity index (χ0v) is 10.8. The number of thiophene rings is 1. The third-order valence-electron chi connectivity index (χ3n) is 2.24. The van der Waals surface area contributed by atoms with Crippen molar-refractivity contribution in [3.63, 3.8) is 0 Å². The minimum Gasteiger partial charge on any atom is -0.481 e. The van der Waals surface area contributed by atoms with Crippen molar-refractivity contribution >= 4 is 34.6 Å². The summed E-state index contributed by atoms with van der Waals surface area (Å²) in [6.07, 6.45) is -0.142. The van der Waals surface area contributed by atoms with E-state index in [9.17, 15) is 9.59 Å². The summed E-state index contributed by atoms with van der Waals surface area (Å²) in [5.41, 5.74) is 1.87. The Labute approximate surface area is 111 Å². The van der Waals surface area contributed by atoms with Crippen molar-refractivity contribution in [2.24, 2.45) is 0 Å². The fourth-order valence-electron chi connectivity index (χ4n) is 1.44. The van der Waals surface area contributed by atoms with Crippen molar-refractivity contribution in [2.75, 3.05) is 0 Å². The molecule has 0 bridgehead atoms. The van der Waals surface area contributed by atoms with Crippen molar-refractivity contribution < 1.29 is 14.7 Å². The van der Waals surface area contributed by atoms with E-state index in [-0.39, 0.29) is 12.3 Å². The van der Waals surface area contributed by atoms with E-state index in [1.54, 1.807) is 17.0 Å². The van der Waals surface area contributed by atoms with Crippen molar-refractivity contribution in [3.8, 4) is 0 Å². The number of aromatic nitrogens is 1. The van der Waals surface area contributed by atoms with Crippen LogP contribution in [0.1, 0.15) is 27.8 Å². The Morgan fingerprint density at radius 2 is 2.33 bits per heavy atom. The maximum absolute atomic E-state index is 11.8. The van der Waals surface area contributed by atoms with Crippen LogP contribution in [0.15, 0.2) is 28.4 Å². The van der Waals surface area contributed by atoms with Crippen molar-refractivity contribution in [1.29, 1.82) is 0 Å². The Balaban J connectivity index is 2.11. The highest BCUT2D eigenvalue weighted by Crippen LogP contribution is 2.22. The van der Waals surface area contributed by atoms with Crippen LogP contribution in [0.5, 0.6) is 0 Å². The monoisotopic (exact) mass is 282 g/mol. The first-order valence-electron chi connectivity index (χ1n) is 5.11. The number of amides is 1. The summed E-state index contributed by atoms with van der Waals surface area (Å²) in [5, 5.41) is 15.0. The lowest BCUT2D eigenvalue weighted by atomic mass is 10.1. The van der Waals surface area contributed by atoms with Gasteiger partial charge in [-0.2, -0.15) is 0 Å². The molecule has 0 aromatic carbocycles. The summed E-state index contributed by atoms with van der Waals surface area (Å²) < 4.78 is 0. The molecule has 7 heteroatoms. The molecule has 5 nitrogen and oxygen atoms in total. The normalized spacial score (nSPS) is 12.0. The number of carboxylic acids is 1. The van der Waals surface area contributed by atoms with E-state index in [0.717, 1.165) is 4.88 Å². The second-order valence-corrected chi connectivity index (χ2v) is 5.21. The molecule has 2 aromatic heterocycles. The minimum atomic E-state index is -0.952. The molecule has 0 spiro atoms. The quantitative estimate of drug-likeness (QED) is 0.880. The lowest BCUT2D eigenvalue weighted by molar-refractivity contribution is -0.137. The fourth-order valence-corrected chi connectivity index (χ4v) is 2.75. The number of nitrogens with zero attached hydrogens (tertiary/aromatic N) is 1. The van der Waals surface area contributed by atoms with Crippen LogP contribution in [0, 0.1) is 0 Å². The van der Waals surface area contributed by atoms with Gasteiger partial charge in [-0.3, -0.25) is 9.59 Å². The van der Waals surface area contributed by atoms with Gasteiger partial charge in [0.15, 0.2) is 0 Å². The zero-order chi connectivity index (χ0) is 13.0. The van der Waals surface area contributed by atoms with Crippen LogP contribution in [0.25, 0.3) is 0 Å². The predicted molar refractivity (Wildman–Crippen MR) is 68.9 cm³/mol. The van der Waals surface area contributed by atoms with Crippen LogP contribution in [-0.2, 0) is 4.79 Å². The first kappa shape index (κ1) is 12.7. The molecule has 0 saturated carbocycles. The van der Waals surface area contributed by atoms with Gasteiger partial charge in [-0.25, -0.2) is 4.98 Å². The lowest BCUT2D eigenvalue weighted by Gasteiger charge is -2.14. The van der Waals surface area contributed by atoms with Gasteiger partial charge in [0.05, 0.1) is 18.0 Å². The first-order valence-corrected chi connectivity index (χ1v) is 6.93. The smallest absolute Gasteiger partial charge is 0.305 e. The van der Waals surface area contributed by atoms with Gasteiger partial charge in [-0.1, -0.05) is 6.07 Å². The van der Waals surface area contributed by atoms with Crippen LogP contribution in [0.2, 0.25) is 0 Å². The number of carboxylic acid groups (broad SMARTS) is 1. The molecule has 2 heterocycles. The van der Waals surface area contributed by atoms with Gasteiger partial charge in [0.25, 0.3) is 5.91 Å². The molecule has 0 fully saturated rings. The van der Waals surface area contributed by atoms with E-state index in [1.807, 2.05) is 11.4 Å². The summed E-state index contributed by atoms with van der Waals surface area (Å²) in [7, 11) is 0. The van der Waals surface area contributed by atoms with Crippen molar-refractivity contribution in [1.82, 2.24) is 10.3 Å². The molecule has 0 aliphatic heterocycles. The number of aliphatic carboxylic acids is 1. The molecule has 1 atom stereocenters. The average molecular weight is 282 g/mol. The Morgan fingerprint density at radius 3 is 2.89 bits per heavy atom. The second-order valence-electron chi connectivity index (χ2n) is 3.51. The third-order valence-corrected chi connectivity index (χ3v) is 3.81. The number of hydrogen-bond acceptors (Lipinski definition) is 5. The van der Waals surface area contributed by atoms with E-state index in [1.165, 1.54) is 22.7 Å². The van der Waals surface area contributed by atoms with Gasteiger partial charge in [0.2, 0.25) is 0 Å². The van der Waals surface area contributed by atoms with E-state index in [0.29, 0.717) is 5.69 Å². The zero-order valence-electron chi connectivity index (χ0n) is 9.20. The minimum absolute atomic E-state index is 0.142. The van der Waals surface area contributed by atoms with Gasteiger partial charge in [-0.15, -0.1) is 22.7 Å². The van der Waals surface area contributed by atoms with Crippen molar-refractivity contribution in [2.45, 2.75) is 12.5 Å². The molecular formula is C11H10N2O3S2.